The standard InChI is InChI=1S/C15H19ClN2/c16-9-4-1-5-10-17-12-13-8-11-18-15-7-3-2-6-14(13)15/h2-3,6-8,11,17H,1,4-5,9-10,12H2. The lowest BCUT2D eigenvalue weighted by molar-refractivity contribution is 0.619. The second-order valence-corrected chi connectivity index (χ2v) is 4.79. The number of hydrogen-bond acceptors (Lipinski definition) is 2. The van der Waals surface area contributed by atoms with E-state index in [0.717, 1.165) is 30.9 Å². The number of rotatable bonds is 7. The summed E-state index contributed by atoms with van der Waals surface area (Å²) in [6, 6.07) is 10.4. The van der Waals surface area contributed by atoms with Crippen molar-refractivity contribution in [3.8, 4) is 0 Å². The average Bonchev–Trinajstić information content (AvgIpc) is 2.43. The molecule has 2 rings (SSSR count). The fourth-order valence-corrected chi connectivity index (χ4v) is 2.24. The van der Waals surface area contributed by atoms with E-state index in [1.165, 1.54) is 23.8 Å². The highest BCUT2D eigenvalue weighted by Crippen LogP contribution is 2.15. The summed E-state index contributed by atoms with van der Waals surface area (Å²) < 4.78 is 0. The highest BCUT2D eigenvalue weighted by molar-refractivity contribution is 6.17. The van der Waals surface area contributed by atoms with Gasteiger partial charge in [0, 0.05) is 24.0 Å². The van der Waals surface area contributed by atoms with Gasteiger partial charge in [-0.1, -0.05) is 24.6 Å². The summed E-state index contributed by atoms with van der Waals surface area (Å²) in [7, 11) is 0. The van der Waals surface area contributed by atoms with Gasteiger partial charge in [0.1, 0.15) is 0 Å². The van der Waals surface area contributed by atoms with Crippen LogP contribution in [-0.4, -0.2) is 17.4 Å². The molecule has 1 N–H and O–H groups in total. The van der Waals surface area contributed by atoms with Crippen molar-refractivity contribution < 1.29 is 0 Å². The van der Waals surface area contributed by atoms with Crippen LogP contribution >= 0.6 is 11.6 Å². The molecular weight excluding hydrogens is 244 g/mol. The molecular formula is C15H19ClN2. The van der Waals surface area contributed by atoms with Crippen LogP contribution in [0, 0.1) is 0 Å². The van der Waals surface area contributed by atoms with Crippen LogP contribution in [-0.2, 0) is 6.54 Å². The molecule has 18 heavy (non-hydrogen) atoms. The second-order valence-electron chi connectivity index (χ2n) is 4.41. The summed E-state index contributed by atoms with van der Waals surface area (Å²) in [5.74, 6) is 0.773. The van der Waals surface area contributed by atoms with Crippen LogP contribution in [0.5, 0.6) is 0 Å². The molecule has 2 nitrogen and oxygen atoms in total. The van der Waals surface area contributed by atoms with Crippen molar-refractivity contribution in [3.63, 3.8) is 0 Å². The Labute approximate surface area is 113 Å². The molecule has 0 spiro atoms. The van der Waals surface area contributed by atoms with E-state index in [1.807, 2.05) is 12.3 Å². The highest BCUT2D eigenvalue weighted by Gasteiger charge is 2.00. The number of unbranched alkanes of at least 4 members (excludes halogenated alkanes) is 2. The summed E-state index contributed by atoms with van der Waals surface area (Å²) in [6.07, 6.45) is 5.39. The Morgan fingerprint density at radius 3 is 2.83 bits per heavy atom. The summed E-state index contributed by atoms with van der Waals surface area (Å²) in [4.78, 5) is 4.37. The quantitative estimate of drug-likeness (QED) is 0.607. The number of fused-ring (bicyclic) bond motifs is 1. The van der Waals surface area contributed by atoms with Crippen LogP contribution in [0.1, 0.15) is 24.8 Å². The van der Waals surface area contributed by atoms with Crippen molar-refractivity contribution >= 4 is 22.5 Å². The Morgan fingerprint density at radius 2 is 1.94 bits per heavy atom. The molecule has 1 aromatic carbocycles. The number of halogens is 1. The van der Waals surface area contributed by atoms with Crippen molar-refractivity contribution in [2.45, 2.75) is 25.8 Å². The first-order valence-corrected chi connectivity index (χ1v) is 7.04. The van der Waals surface area contributed by atoms with Crippen molar-refractivity contribution in [2.24, 2.45) is 0 Å². The van der Waals surface area contributed by atoms with E-state index >= 15 is 0 Å². The fraction of sp³-hybridized carbons (Fsp3) is 0.400. The van der Waals surface area contributed by atoms with Gasteiger partial charge in [-0.25, -0.2) is 0 Å². The number of nitrogens with zero attached hydrogens (tertiary/aromatic N) is 1. The predicted molar refractivity (Wildman–Crippen MR) is 78.0 cm³/mol. The zero-order valence-corrected chi connectivity index (χ0v) is 11.3. The normalized spacial score (nSPS) is 10.9. The molecule has 0 aliphatic carbocycles. The lowest BCUT2D eigenvalue weighted by Crippen LogP contribution is -2.15. The number of alkyl halides is 1. The number of para-hydroxylation sites is 1. The SMILES string of the molecule is ClCCCCCNCc1ccnc2ccccc12. The largest absolute Gasteiger partial charge is 0.313 e. The van der Waals surface area contributed by atoms with Crippen molar-refractivity contribution in [2.75, 3.05) is 12.4 Å². The summed E-state index contributed by atoms with van der Waals surface area (Å²) in [6.45, 7) is 1.96. The summed E-state index contributed by atoms with van der Waals surface area (Å²) >= 11 is 5.65. The molecule has 0 unspecified atom stereocenters. The summed E-state index contributed by atoms with van der Waals surface area (Å²) in [5, 5.41) is 4.73. The lowest BCUT2D eigenvalue weighted by atomic mass is 10.1. The van der Waals surface area contributed by atoms with Gasteiger partial charge in [-0.3, -0.25) is 4.98 Å². The zero-order valence-electron chi connectivity index (χ0n) is 10.5. The average molecular weight is 263 g/mol. The Bertz CT molecular complexity index is 479. The molecule has 0 saturated carbocycles. The van der Waals surface area contributed by atoms with Crippen LogP contribution in [0.4, 0.5) is 0 Å². The Hall–Kier alpha value is -1.12. The van der Waals surface area contributed by atoms with Crippen LogP contribution in [0.25, 0.3) is 10.9 Å². The highest BCUT2D eigenvalue weighted by atomic mass is 35.5. The molecule has 0 bridgehead atoms. The zero-order chi connectivity index (χ0) is 12.6. The Morgan fingerprint density at radius 1 is 1.06 bits per heavy atom. The molecule has 3 heteroatoms. The molecule has 1 heterocycles. The Kier molecular flexibility index (Phi) is 5.43. The number of benzene rings is 1. The number of nitrogens with one attached hydrogen (secondary N) is 1. The molecule has 0 saturated heterocycles. The maximum absolute atomic E-state index is 5.65. The van der Waals surface area contributed by atoms with Gasteiger partial charge in [0.25, 0.3) is 0 Å². The minimum absolute atomic E-state index is 0.773. The number of hydrogen-bond donors (Lipinski definition) is 1. The fourth-order valence-electron chi connectivity index (χ4n) is 2.05. The third-order valence-corrected chi connectivity index (χ3v) is 3.31. The van der Waals surface area contributed by atoms with Crippen molar-refractivity contribution in [1.29, 1.82) is 0 Å². The van der Waals surface area contributed by atoms with Crippen LogP contribution in [0.3, 0.4) is 0 Å². The summed E-state index contributed by atoms with van der Waals surface area (Å²) in [5.41, 5.74) is 2.39. The van der Waals surface area contributed by atoms with E-state index in [4.69, 9.17) is 11.6 Å². The van der Waals surface area contributed by atoms with Gasteiger partial charge >= 0.3 is 0 Å². The van der Waals surface area contributed by atoms with Gasteiger partial charge in [0.2, 0.25) is 0 Å². The molecule has 0 atom stereocenters. The van der Waals surface area contributed by atoms with Crippen molar-refractivity contribution in [3.05, 3.63) is 42.1 Å². The minimum Gasteiger partial charge on any atom is -0.313 e. The third kappa shape index (κ3) is 3.69. The number of pyridine rings is 1. The van der Waals surface area contributed by atoms with Gasteiger partial charge in [-0.05, 0) is 37.1 Å². The van der Waals surface area contributed by atoms with E-state index in [-0.39, 0.29) is 0 Å². The first-order chi connectivity index (χ1) is 8.92. The van der Waals surface area contributed by atoms with Crippen LogP contribution < -0.4 is 5.32 Å². The van der Waals surface area contributed by atoms with E-state index in [9.17, 15) is 0 Å². The Balaban J connectivity index is 1.88. The first kappa shape index (κ1) is 13.3. The minimum atomic E-state index is 0.773. The lowest BCUT2D eigenvalue weighted by Gasteiger charge is -2.07. The van der Waals surface area contributed by atoms with Gasteiger partial charge in [-0.2, -0.15) is 0 Å². The molecule has 1 aromatic heterocycles. The molecule has 0 fully saturated rings. The second kappa shape index (κ2) is 7.34. The van der Waals surface area contributed by atoms with E-state index < -0.39 is 0 Å². The van der Waals surface area contributed by atoms with Gasteiger partial charge in [0.05, 0.1) is 5.52 Å². The van der Waals surface area contributed by atoms with E-state index in [0.29, 0.717) is 0 Å². The maximum atomic E-state index is 5.65. The van der Waals surface area contributed by atoms with Gasteiger partial charge < -0.3 is 5.32 Å². The van der Waals surface area contributed by atoms with Crippen LogP contribution in [0.15, 0.2) is 36.5 Å². The van der Waals surface area contributed by atoms with Gasteiger partial charge in [0.15, 0.2) is 0 Å². The molecule has 96 valence electrons. The van der Waals surface area contributed by atoms with Crippen molar-refractivity contribution in [1.82, 2.24) is 10.3 Å². The monoisotopic (exact) mass is 262 g/mol. The molecule has 0 aliphatic heterocycles. The molecule has 2 aromatic rings. The van der Waals surface area contributed by atoms with Crippen LogP contribution in [0.2, 0.25) is 0 Å². The van der Waals surface area contributed by atoms with Gasteiger partial charge in [-0.15, -0.1) is 11.6 Å². The molecule has 0 radical (unpaired) electrons. The smallest absolute Gasteiger partial charge is 0.0705 e. The third-order valence-electron chi connectivity index (χ3n) is 3.04. The topological polar surface area (TPSA) is 24.9 Å². The predicted octanol–water partition coefficient (Wildman–Crippen LogP) is 3.73. The first-order valence-electron chi connectivity index (χ1n) is 6.51. The number of aromatic nitrogens is 1. The molecule has 0 amide bonds. The van der Waals surface area contributed by atoms with E-state index in [1.54, 1.807) is 0 Å². The van der Waals surface area contributed by atoms with E-state index in [2.05, 4.69) is 34.6 Å². The maximum Gasteiger partial charge on any atom is 0.0705 e. The molecule has 0 aliphatic rings.